The van der Waals surface area contributed by atoms with E-state index in [0.717, 1.165) is 18.5 Å². The first-order valence-corrected chi connectivity index (χ1v) is 8.41. The number of ether oxygens (including phenoxy) is 3. The molecule has 2 aromatic rings. The normalized spacial score (nSPS) is 14.5. The number of nitrogens with one attached hydrogen (secondary N) is 2. The van der Waals surface area contributed by atoms with E-state index in [4.69, 9.17) is 14.2 Å². The van der Waals surface area contributed by atoms with Gasteiger partial charge in [-0.25, -0.2) is 0 Å². The summed E-state index contributed by atoms with van der Waals surface area (Å²) in [6.07, 6.45) is 1.64. The van der Waals surface area contributed by atoms with Gasteiger partial charge in [-0.2, -0.15) is 0 Å². The maximum Gasteiger partial charge on any atom is 0.272 e. The molecule has 1 saturated heterocycles. The Morgan fingerprint density at radius 1 is 1.08 bits per heavy atom. The fourth-order valence-electron chi connectivity index (χ4n) is 2.68. The van der Waals surface area contributed by atoms with E-state index in [1.807, 2.05) is 6.07 Å². The van der Waals surface area contributed by atoms with Crippen LogP contribution in [-0.2, 0) is 4.74 Å². The number of amides is 1. The Hall–Kier alpha value is -2.87. The van der Waals surface area contributed by atoms with Crippen LogP contribution >= 0.6 is 0 Å². The molecule has 0 atom stereocenters. The van der Waals surface area contributed by atoms with E-state index in [-0.39, 0.29) is 17.6 Å². The monoisotopic (exact) mass is 358 g/mol. The SMILES string of the molecule is COc1ccc(Nc2ccc(C(=O)NC3CCOCC3)nn2)cc1OC. The summed E-state index contributed by atoms with van der Waals surface area (Å²) in [7, 11) is 3.16. The minimum Gasteiger partial charge on any atom is -0.493 e. The summed E-state index contributed by atoms with van der Waals surface area (Å²) in [4.78, 5) is 12.2. The van der Waals surface area contributed by atoms with E-state index in [1.165, 1.54) is 0 Å². The number of hydrogen-bond donors (Lipinski definition) is 2. The van der Waals surface area contributed by atoms with Crippen LogP contribution in [0.5, 0.6) is 11.5 Å². The van der Waals surface area contributed by atoms with Crippen LogP contribution in [0.15, 0.2) is 30.3 Å². The summed E-state index contributed by atoms with van der Waals surface area (Å²) < 4.78 is 15.8. The van der Waals surface area contributed by atoms with Crippen molar-refractivity contribution in [2.24, 2.45) is 0 Å². The standard InChI is InChI=1S/C18H22N4O4/c1-24-15-5-3-13(11-16(15)25-2)19-17-6-4-14(21-22-17)18(23)20-12-7-9-26-10-8-12/h3-6,11-12H,7-10H2,1-2H3,(H,19,22)(H,20,23). The highest BCUT2D eigenvalue weighted by Crippen LogP contribution is 2.30. The molecule has 1 aromatic heterocycles. The summed E-state index contributed by atoms with van der Waals surface area (Å²) in [6, 6.07) is 8.92. The summed E-state index contributed by atoms with van der Waals surface area (Å²) in [6.45, 7) is 1.34. The topological polar surface area (TPSA) is 94.6 Å². The van der Waals surface area contributed by atoms with E-state index < -0.39 is 0 Å². The highest BCUT2D eigenvalue weighted by atomic mass is 16.5. The molecule has 1 aliphatic rings. The number of hydrogen-bond acceptors (Lipinski definition) is 7. The van der Waals surface area contributed by atoms with Gasteiger partial charge in [0.15, 0.2) is 23.0 Å². The number of aromatic nitrogens is 2. The number of carbonyl (C=O) groups excluding carboxylic acids is 1. The number of methoxy groups -OCH3 is 2. The van der Waals surface area contributed by atoms with Crippen molar-refractivity contribution in [3.05, 3.63) is 36.0 Å². The van der Waals surface area contributed by atoms with Crippen LogP contribution < -0.4 is 20.1 Å². The molecule has 0 unspecified atom stereocenters. The smallest absolute Gasteiger partial charge is 0.272 e. The Bertz CT molecular complexity index is 745. The van der Waals surface area contributed by atoms with E-state index >= 15 is 0 Å². The number of anilines is 2. The molecule has 1 aliphatic heterocycles. The third kappa shape index (κ3) is 4.40. The Labute approximate surface area is 151 Å². The minimum atomic E-state index is -0.220. The molecule has 3 rings (SSSR count). The molecule has 1 fully saturated rings. The second-order valence-corrected chi connectivity index (χ2v) is 5.86. The molecule has 8 nitrogen and oxygen atoms in total. The van der Waals surface area contributed by atoms with Crippen LogP contribution in [-0.4, -0.2) is 49.6 Å². The van der Waals surface area contributed by atoms with Crippen molar-refractivity contribution >= 4 is 17.4 Å². The molecule has 138 valence electrons. The molecular formula is C18H22N4O4. The molecule has 26 heavy (non-hydrogen) atoms. The summed E-state index contributed by atoms with van der Waals surface area (Å²) in [5, 5.41) is 14.2. The van der Waals surface area contributed by atoms with Crippen molar-refractivity contribution in [3.63, 3.8) is 0 Å². The number of benzene rings is 1. The average molecular weight is 358 g/mol. The van der Waals surface area contributed by atoms with Gasteiger partial charge in [0.05, 0.1) is 14.2 Å². The third-order valence-electron chi connectivity index (χ3n) is 4.11. The lowest BCUT2D eigenvalue weighted by molar-refractivity contribution is 0.0693. The first kappa shape index (κ1) is 17.9. The summed E-state index contributed by atoms with van der Waals surface area (Å²) in [5.41, 5.74) is 1.06. The van der Waals surface area contributed by atoms with Gasteiger partial charge in [-0.3, -0.25) is 4.79 Å². The van der Waals surface area contributed by atoms with Gasteiger partial charge in [0.1, 0.15) is 0 Å². The van der Waals surface area contributed by atoms with Gasteiger partial charge in [-0.15, -0.1) is 10.2 Å². The number of rotatable bonds is 6. The van der Waals surface area contributed by atoms with Gasteiger partial charge >= 0.3 is 0 Å². The minimum absolute atomic E-state index is 0.127. The van der Waals surface area contributed by atoms with Crippen LogP contribution in [0.4, 0.5) is 11.5 Å². The molecule has 0 bridgehead atoms. The largest absolute Gasteiger partial charge is 0.493 e. The maximum atomic E-state index is 12.2. The van der Waals surface area contributed by atoms with Gasteiger partial charge in [-0.1, -0.05) is 0 Å². The van der Waals surface area contributed by atoms with Gasteiger partial charge in [0.25, 0.3) is 5.91 Å². The lowest BCUT2D eigenvalue weighted by Crippen LogP contribution is -2.39. The predicted octanol–water partition coefficient (Wildman–Crippen LogP) is 2.15. The highest BCUT2D eigenvalue weighted by Gasteiger charge is 2.18. The molecule has 1 amide bonds. The van der Waals surface area contributed by atoms with E-state index in [9.17, 15) is 4.79 Å². The number of nitrogens with zero attached hydrogens (tertiary/aromatic N) is 2. The van der Waals surface area contributed by atoms with Crippen LogP contribution in [0.2, 0.25) is 0 Å². The molecule has 0 spiro atoms. The lowest BCUT2D eigenvalue weighted by atomic mass is 10.1. The molecule has 2 N–H and O–H groups in total. The molecule has 1 aromatic carbocycles. The first-order valence-electron chi connectivity index (χ1n) is 8.41. The van der Waals surface area contributed by atoms with Gasteiger partial charge in [0, 0.05) is 31.0 Å². The van der Waals surface area contributed by atoms with Gasteiger partial charge in [-0.05, 0) is 37.1 Å². The van der Waals surface area contributed by atoms with Gasteiger partial charge < -0.3 is 24.8 Å². The Balaban J connectivity index is 1.63. The zero-order valence-corrected chi connectivity index (χ0v) is 14.8. The molecular weight excluding hydrogens is 336 g/mol. The van der Waals surface area contributed by atoms with Crippen molar-refractivity contribution in [3.8, 4) is 11.5 Å². The van der Waals surface area contributed by atoms with E-state index in [1.54, 1.807) is 38.5 Å². The Morgan fingerprint density at radius 2 is 1.85 bits per heavy atom. The molecule has 8 heteroatoms. The van der Waals surface area contributed by atoms with Crippen molar-refractivity contribution in [1.82, 2.24) is 15.5 Å². The first-order chi connectivity index (χ1) is 12.7. The molecule has 2 heterocycles. The Kier molecular flexibility index (Phi) is 5.85. The molecule has 0 aliphatic carbocycles. The lowest BCUT2D eigenvalue weighted by Gasteiger charge is -2.22. The zero-order chi connectivity index (χ0) is 18.4. The maximum absolute atomic E-state index is 12.2. The number of carbonyl (C=O) groups is 1. The summed E-state index contributed by atoms with van der Waals surface area (Å²) >= 11 is 0. The van der Waals surface area contributed by atoms with Crippen molar-refractivity contribution in [2.75, 3.05) is 32.8 Å². The van der Waals surface area contributed by atoms with Crippen LogP contribution in [0, 0.1) is 0 Å². The van der Waals surface area contributed by atoms with Crippen molar-refractivity contribution in [1.29, 1.82) is 0 Å². The van der Waals surface area contributed by atoms with Crippen molar-refractivity contribution < 1.29 is 19.0 Å². The quantitative estimate of drug-likeness (QED) is 0.817. The van der Waals surface area contributed by atoms with E-state index in [0.29, 0.717) is 30.5 Å². The second-order valence-electron chi connectivity index (χ2n) is 5.86. The van der Waals surface area contributed by atoms with Crippen LogP contribution in [0.1, 0.15) is 23.3 Å². The summed E-state index contributed by atoms with van der Waals surface area (Å²) in [5.74, 6) is 1.56. The average Bonchev–Trinajstić information content (AvgIpc) is 2.69. The fraction of sp³-hybridized carbons (Fsp3) is 0.389. The predicted molar refractivity (Wildman–Crippen MR) is 96.2 cm³/mol. The van der Waals surface area contributed by atoms with Crippen LogP contribution in [0.3, 0.4) is 0 Å². The van der Waals surface area contributed by atoms with E-state index in [2.05, 4.69) is 20.8 Å². The van der Waals surface area contributed by atoms with Crippen molar-refractivity contribution in [2.45, 2.75) is 18.9 Å². The van der Waals surface area contributed by atoms with Crippen LogP contribution in [0.25, 0.3) is 0 Å². The fourth-order valence-corrected chi connectivity index (χ4v) is 2.68. The third-order valence-corrected chi connectivity index (χ3v) is 4.11. The molecule has 0 saturated carbocycles. The Morgan fingerprint density at radius 3 is 2.50 bits per heavy atom. The second kappa shape index (κ2) is 8.48. The zero-order valence-electron chi connectivity index (χ0n) is 14.8. The molecule has 0 radical (unpaired) electrons. The van der Waals surface area contributed by atoms with Gasteiger partial charge in [0.2, 0.25) is 0 Å². The highest BCUT2D eigenvalue weighted by molar-refractivity contribution is 5.92.